The molecule has 0 bridgehead atoms. The molecule has 0 spiro atoms. The Labute approximate surface area is 149 Å². The van der Waals surface area contributed by atoms with Gasteiger partial charge in [0.05, 0.1) is 0 Å². The Morgan fingerprint density at radius 1 is 0.840 bits per heavy atom. The number of allylic oxidation sites excluding steroid dienone is 2. The van der Waals surface area contributed by atoms with Gasteiger partial charge < -0.3 is 15.3 Å². The van der Waals surface area contributed by atoms with Crippen LogP contribution < -0.4 is 0 Å². The van der Waals surface area contributed by atoms with E-state index < -0.39 is 0 Å². The Kier molecular flexibility index (Phi) is 5.77. The van der Waals surface area contributed by atoms with Gasteiger partial charge in [-0.2, -0.15) is 0 Å². The molecule has 0 radical (unpaired) electrons. The van der Waals surface area contributed by atoms with E-state index in [-0.39, 0.29) is 6.61 Å². The number of aromatic hydroxyl groups is 2. The van der Waals surface area contributed by atoms with E-state index >= 15 is 0 Å². The van der Waals surface area contributed by atoms with Gasteiger partial charge in [0.1, 0.15) is 11.5 Å². The molecule has 25 heavy (non-hydrogen) atoms. The average Bonchev–Trinajstić information content (AvgIpc) is 2.78. The van der Waals surface area contributed by atoms with E-state index in [2.05, 4.69) is 6.07 Å². The number of unbranched alkanes of at least 4 members (excludes halogenated alkanes) is 2. The topological polar surface area (TPSA) is 60.7 Å². The van der Waals surface area contributed by atoms with E-state index in [1.165, 1.54) is 22.3 Å². The number of hydrogen-bond acceptors (Lipinski definition) is 3. The van der Waals surface area contributed by atoms with E-state index in [9.17, 15) is 10.2 Å². The molecular formula is C22H26O3. The number of fused-ring (bicyclic) bond motifs is 1. The van der Waals surface area contributed by atoms with E-state index in [1.807, 2.05) is 24.3 Å². The van der Waals surface area contributed by atoms with Crippen molar-refractivity contribution in [3.63, 3.8) is 0 Å². The van der Waals surface area contributed by atoms with Crippen LogP contribution in [0.4, 0.5) is 0 Å². The lowest BCUT2D eigenvalue weighted by Gasteiger charge is -2.16. The Morgan fingerprint density at radius 2 is 1.68 bits per heavy atom. The molecule has 0 aromatic heterocycles. The van der Waals surface area contributed by atoms with Crippen molar-refractivity contribution in [1.82, 2.24) is 0 Å². The van der Waals surface area contributed by atoms with Crippen LogP contribution in [0.3, 0.4) is 0 Å². The van der Waals surface area contributed by atoms with Crippen LogP contribution in [0, 0.1) is 0 Å². The summed E-state index contributed by atoms with van der Waals surface area (Å²) in [4.78, 5) is 0. The third-order valence-corrected chi connectivity index (χ3v) is 4.93. The van der Waals surface area contributed by atoms with Crippen LogP contribution in [-0.4, -0.2) is 21.9 Å². The van der Waals surface area contributed by atoms with E-state index in [0.29, 0.717) is 11.5 Å². The predicted octanol–water partition coefficient (Wildman–Crippen LogP) is 4.90. The van der Waals surface area contributed by atoms with Crippen LogP contribution >= 0.6 is 0 Å². The van der Waals surface area contributed by atoms with Gasteiger partial charge in [-0.25, -0.2) is 0 Å². The highest BCUT2D eigenvalue weighted by atomic mass is 16.3. The minimum absolute atomic E-state index is 0.239. The molecule has 0 saturated carbocycles. The minimum Gasteiger partial charge on any atom is -0.508 e. The fourth-order valence-electron chi connectivity index (χ4n) is 3.74. The molecule has 1 aliphatic rings. The fraction of sp³-hybridized carbons (Fsp3) is 0.364. The number of aliphatic hydroxyl groups is 1. The second-order valence-corrected chi connectivity index (χ2v) is 6.74. The standard InChI is InChI=1S/C22H26O3/c23-13-3-1-2-9-22-20(16-6-4-8-18(24)14-16)10-5-7-17-15-19(25)11-12-21(17)22/h4,6,8,11-12,14-15,23-25H,1-3,5,7,9-10,13H2. The SMILES string of the molecule is OCCCCCC1=C(c2cccc(O)c2)CCCc2cc(O)ccc21. The van der Waals surface area contributed by atoms with Crippen molar-refractivity contribution in [1.29, 1.82) is 0 Å². The molecule has 3 heteroatoms. The highest BCUT2D eigenvalue weighted by Crippen LogP contribution is 2.40. The molecule has 3 nitrogen and oxygen atoms in total. The normalized spacial score (nSPS) is 14.3. The van der Waals surface area contributed by atoms with Gasteiger partial charge in [-0.15, -0.1) is 0 Å². The molecule has 0 heterocycles. The monoisotopic (exact) mass is 338 g/mol. The molecule has 0 unspecified atom stereocenters. The Bertz CT molecular complexity index is 762. The average molecular weight is 338 g/mol. The molecule has 0 aliphatic heterocycles. The van der Waals surface area contributed by atoms with Gasteiger partial charge in [0, 0.05) is 6.61 Å². The molecule has 3 N–H and O–H groups in total. The summed E-state index contributed by atoms with van der Waals surface area (Å²) in [7, 11) is 0. The molecule has 132 valence electrons. The van der Waals surface area contributed by atoms with Gasteiger partial charge in [-0.3, -0.25) is 0 Å². The maximum absolute atomic E-state index is 9.89. The van der Waals surface area contributed by atoms with Crippen molar-refractivity contribution < 1.29 is 15.3 Å². The molecule has 0 atom stereocenters. The third-order valence-electron chi connectivity index (χ3n) is 4.93. The highest BCUT2D eigenvalue weighted by Gasteiger charge is 2.19. The Morgan fingerprint density at radius 3 is 2.48 bits per heavy atom. The van der Waals surface area contributed by atoms with E-state index in [0.717, 1.165) is 50.5 Å². The first-order chi connectivity index (χ1) is 12.2. The predicted molar refractivity (Wildman–Crippen MR) is 102 cm³/mol. The highest BCUT2D eigenvalue weighted by molar-refractivity contribution is 5.92. The fourth-order valence-corrected chi connectivity index (χ4v) is 3.74. The van der Waals surface area contributed by atoms with Crippen molar-refractivity contribution in [2.75, 3.05) is 6.61 Å². The molecule has 0 fully saturated rings. The van der Waals surface area contributed by atoms with Crippen LogP contribution in [0.1, 0.15) is 55.2 Å². The summed E-state index contributed by atoms with van der Waals surface area (Å²) in [5, 5.41) is 28.8. The number of rotatable bonds is 6. The maximum Gasteiger partial charge on any atom is 0.116 e. The molecule has 2 aromatic rings. The summed E-state index contributed by atoms with van der Waals surface area (Å²) in [6.07, 6.45) is 6.75. The van der Waals surface area contributed by atoms with Crippen molar-refractivity contribution in [3.8, 4) is 11.5 Å². The lowest BCUT2D eigenvalue weighted by atomic mass is 9.89. The zero-order valence-corrected chi connectivity index (χ0v) is 14.5. The van der Waals surface area contributed by atoms with Crippen LogP contribution in [0.25, 0.3) is 11.1 Å². The Balaban J connectivity index is 2.04. The first-order valence-electron chi connectivity index (χ1n) is 9.13. The van der Waals surface area contributed by atoms with Gasteiger partial charge in [0.25, 0.3) is 0 Å². The molecule has 0 saturated heterocycles. The minimum atomic E-state index is 0.239. The summed E-state index contributed by atoms with van der Waals surface area (Å²) in [6, 6.07) is 13.2. The third kappa shape index (κ3) is 4.23. The quantitative estimate of drug-likeness (QED) is 0.657. The second kappa shape index (κ2) is 8.21. The van der Waals surface area contributed by atoms with Crippen molar-refractivity contribution in [3.05, 3.63) is 59.2 Å². The summed E-state index contributed by atoms with van der Waals surface area (Å²) in [5.41, 5.74) is 6.11. The number of phenols is 2. The lowest BCUT2D eigenvalue weighted by Crippen LogP contribution is -1.95. The van der Waals surface area contributed by atoms with Gasteiger partial charge in [0.2, 0.25) is 0 Å². The van der Waals surface area contributed by atoms with Crippen molar-refractivity contribution in [2.45, 2.75) is 44.9 Å². The van der Waals surface area contributed by atoms with Crippen LogP contribution in [0.15, 0.2) is 42.5 Å². The zero-order chi connectivity index (χ0) is 17.6. The van der Waals surface area contributed by atoms with Crippen molar-refractivity contribution in [2.24, 2.45) is 0 Å². The van der Waals surface area contributed by atoms with Gasteiger partial charge >= 0.3 is 0 Å². The second-order valence-electron chi connectivity index (χ2n) is 6.74. The number of aliphatic hydroxyl groups excluding tert-OH is 1. The summed E-state index contributed by atoms with van der Waals surface area (Å²) in [5.74, 6) is 0.610. The molecule has 3 rings (SSSR count). The van der Waals surface area contributed by atoms with E-state index in [1.54, 1.807) is 12.1 Å². The number of aryl methyl sites for hydroxylation is 1. The maximum atomic E-state index is 9.89. The lowest BCUT2D eigenvalue weighted by molar-refractivity contribution is 0.283. The van der Waals surface area contributed by atoms with Crippen LogP contribution in [0.2, 0.25) is 0 Å². The van der Waals surface area contributed by atoms with Crippen LogP contribution in [-0.2, 0) is 6.42 Å². The van der Waals surface area contributed by atoms with Gasteiger partial charge in [-0.1, -0.05) is 24.6 Å². The molecule has 2 aromatic carbocycles. The molecular weight excluding hydrogens is 312 g/mol. The first-order valence-corrected chi connectivity index (χ1v) is 9.13. The number of hydrogen-bond donors (Lipinski definition) is 3. The molecule has 1 aliphatic carbocycles. The van der Waals surface area contributed by atoms with Crippen LogP contribution in [0.5, 0.6) is 11.5 Å². The summed E-state index contributed by atoms with van der Waals surface area (Å²) >= 11 is 0. The largest absolute Gasteiger partial charge is 0.508 e. The van der Waals surface area contributed by atoms with Gasteiger partial charge in [0.15, 0.2) is 0 Å². The smallest absolute Gasteiger partial charge is 0.116 e. The van der Waals surface area contributed by atoms with Crippen molar-refractivity contribution >= 4 is 11.1 Å². The number of phenolic OH excluding ortho intramolecular Hbond substituents is 2. The first kappa shape index (κ1) is 17.6. The Hall–Kier alpha value is -2.26. The number of benzene rings is 2. The summed E-state index contributed by atoms with van der Waals surface area (Å²) in [6.45, 7) is 0.239. The zero-order valence-electron chi connectivity index (χ0n) is 14.5. The summed E-state index contributed by atoms with van der Waals surface area (Å²) < 4.78 is 0. The van der Waals surface area contributed by atoms with Gasteiger partial charge in [-0.05, 0) is 90.6 Å². The molecule has 0 amide bonds. The van der Waals surface area contributed by atoms with E-state index in [4.69, 9.17) is 5.11 Å².